The normalized spacial score (nSPS) is 24.0. The first-order valence-corrected chi connectivity index (χ1v) is 6.02. The van der Waals surface area contributed by atoms with Gasteiger partial charge in [-0.25, -0.2) is 0 Å². The van der Waals surface area contributed by atoms with E-state index in [0.29, 0.717) is 0 Å². The number of likely N-dealkylation sites (N-methyl/N-ethyl adjacent to an activating group) is 2. The van der Waals surface area contributed by atoms with Gasteiger partial charge < -0.3 is 10.2 Å². The maximum Gasteiger partial charge on any atom is 0.0249 e. The highest BCUT2D eigenvalue weighted by atomic mass is 15.2. The van der Waals surface area contributed by atoms with E-state index < -0.39 is 0 Å². The van der Waals surface area contributed by atoms with Crippen LogP contribution in [-0.2, 0) is 0 Å². The monoisotopic (exact) mass is 213 g/mol. The Hall–Kier alpha value is -0.120. The maximum atomic E-state index is 3.39. The molecule has 1 saturated heterocycles. The Morgan fingerprint density at radius 3 is 2.60 bits per heavy atom. The van der Waals surface area contributed by atoms with Crippen molar-refractivity contribution >= 4 is 0 Å². The fraction of sp³-hybridized carbons (Fsp3) is 1.00. The predicted octanol–water partition coefficient (Wildman–Crippen LogP) is 1.01. The van der Waals surface area contributed by atoms with Gasteiger partial charge >= 0.3 is 0 Å². The summed E-state index contributed by atoms with van der Waals surface area (Å²) in [6.45, 7) is 8.17. The molecule has 0 aromatic carbocycles. The maximum absolute atomic E-state index is 3.39. The standard InChI is InChI=1S/C12H27N3/c1-12(2,13-3)10-15-8-6-7-11(15)9-14(4)5/h11,13H,6-10H2,1-5H3. The van der Waals surface area contributed by atoms with Gasteiger partial charge in [0.2, 0.25) is 0 Å². The minimum atomic E-state index is 0.231. The van der Waals surface area contributed by atoms with Gasteiger partial charge in [0.05, 0.1) is 0 Å². The van der Waals surface area contributed by atoms with E-state index in [1.54, 1.807) is 0 Å². The Balaban J connectivity index is 2.46. The largest absolute Gasteiger partial charge is 0.314 e. The van der Waals surface area contributed by atoms with E-state index in [2.05, 4.69) is 50.1 Å². The van der Waals surface area contributed by atoms with E-state index in [1.165, 1.54) is 25.9 Å². The zero-order valence-corrected chi connectivity index (χ0v) is 11.0. The molecule has 3 nitrogen and oxygen atoms in total. The third-order valence-corrected chi connectivity index (χ3v) is 3.35. The van der Waals surface area contributed by atoms with Gasteiger partial charge in [-0.15, -0.1) is 0 Å². The van der Waals surface area contributed by atoms with E-state index in [1.807, 2.05) is 0 Å². The second-order valence-corrected chi connectivity index (χ2v) is 5.66. The van der Waals surface area contributed by atoms with Crippen LogP contribution in [0, 0.1) is 0 Å². The molecular weight excluding hydrogens is 186 g/mol. The summed E-state index contributed by atoms with van der Waals surface area (Å²) in [6, 6.07) is 0.757. The van der Waals surface area contributed by atoms with Crippen molar-refractivity contribution in [2.75, 3.05) is 40.8 Å². The number of hydrogen-bond donors (Lipinski definition) is 1. The summed E-state index contributed by atoms with van der Waals surface area (Å²) >= 11 is 0. The minimum Gasteiger partial charge on any atom is -0.314 e. The molecule has 15 heavy (non-hydrogen) atoms. The summed E-state index contributed by atoms with van der Waals surface area (Å²) in [7, 11) is 6.39. The molecule has 1 unspecified atom stereocenters. The fourth-order valence-corrected chi connectivity index (χ4v) is 2.32. The summed E-state index contributed by atoms with van der Waals surface area (Å²) in [5.41, 5.74) is 0.231. The van der Waals surface area contributed by atoms with E-state index in [4.69, 9.17) is 0 Å². The average molecular weight is 213 g/mol. The molecule has 0 bridgehead atoms. The molecule has 0 spiro atoms. The molecule has 1 rings (SSSR count). The Kier molecular flexibility index (Phi) is 4.56. The van der Waals surface area contributed by atoms with Crippen LogP contribution in [0.3, 0.4) is 0 Å². The molecule has 1 aliphatic heterocycles. The van der Waals surface area contributed by atoms with Crippen LogP contribution in [-0.4, -0.2) is 62.2 Å². The summed E-state index contributed by atoms with van der Waals surface area (Å²) in [5.74, 6) is 0. The minimum absolute atomic E-state index is 0.231. The molecule has 1 atom stereocenters. The smallest absolute Gasteiger partial charge is 0.0249 e. The van der Waals surface area contributed by atoms with Crippen LogP contribution < -0.4 is 5.32 Å². The van der Waals surface area contributed by atoms with Crippen molar-refractivity contribution in [3.05, 3.63) is 0 Å². The molecule has 1 fully saturated rings. The lowest BCUT2D eigenvalue weighted by atomic mass is 10.0. The Morgan fingerprint density at radius 2 is 2.07 bits per heavy atom. The van der Waals surface area contributed by atoms with Crippen molar-refractivity contribution in [1.29, 1.82) is 0 Å². The first-order valence-electron chi connectivity index (χ1n) is 6.02. The molecule has 1 aliphatic rings. The SMILES string of the molecule is CNC(C)(C)CN1CCCC1CN(C)C. The molecule has 0 saturated carbocycles. The van der Waals surface area contributed by atoms with Crippen LogP contribution in [0.2, 0.25) is 0 Å². The summed E-state index contributed by atoms with van der Waals surface area (Å²) in [4.78, 5) is 4.94. The van der Waals surface area contributed by atoms with Crippen LogP contribution in [0.15, 0.2) is 0 Å². The van der Waals surface area contributed by atoms with Gasteiger partial charge in [0.15, 0.2) is 0 Å². The molecule has 0 aliphatic carbocycles. The van der Waals surface area contributed by atoms with E-state index >= 15 is 0 Å². The van der Waals surface area contributed by atoms with Gasteiger partial charge in [-0.1, -0.05) is 0 Å². The molecule has 0 radical (unpaired) electrons. The molecule has 1 heterocycles. The third-order valence-electron chi connectivity index (χ3n) is 3.35. The van der Waals surface area contributed by atoms with Crippen molar-refractivity contribution in [3.8, 4) is 0 Å². The van der Waals surface area contributed by atoms with Gasteiger partial charge in [-0.3, -0.25) is 4.90 Å². The van der Waals surface area contributed by atoms with Crippen molar-refractivity contribution in [2.45, 2.75) is 38.3 Å². The van der Waals surface area contributed by atoms with Crippen LogP contribution in [0.25, 0.3) is 0 Å². The molecule has 1 N–H and O–H groups in total. The van der Waals surface area contributed by atoms with Crippen LogP contribution in [0.4, 0.5) is 0 Å². The highest BCUT2D eigenvalue weighted by Gasteiger charge is 2.29. The van der Waals surface area contributed by atoms with Crippen LogP contribution in [0.1, 0.15) is 26.7 Å². The van der Waals surface area contributed by atoms with Crippen molar-refractivity contribution in [1.82, 2.24) is 15.1 Å². The van der Waals surface area contributed by atoms with Crippen LogP contribution >= 0.6 is 0 Å². The second kappa shape index (κ2) is 5.28. The topological polar surface area (TPSA) is 18.5 Å². The van der Waals surface area contributed by atoms with E-state index in [9.17, 15) is 0 Å². The Bertz CT molecular complexity index is 189. The lowest BCUT2D eigenvalue weighted by Gasteiger charge is -2.34. The zero-order valence-electron chi connectivity index (χ0n) is 11.0. The van der Waals surface area contributed by atoms with Crippen molar-refractivity contribution in [3.63, 3.8) is 0 Å². The molecular formula is C12H27N3. The number of rotatable bonds is 5. The lowest BCUT2D eigenvalue weighted by Crippen LogP contribution is -2.50. The predicted molar refractivity (Wildman–Crippen MR) is 66.3 cm³/mol. The quantitative estimate of drug-likeness (QED) is 0.735. The molecule has 0 aromatic rings. The lowest BCUT2D eigenvalue weighted by molar-refractivity contribution is 0.166. The molecule has 0 aromatic heterocycles. The van der Waals surface area contributed by atoms with Crippen molar-refractivity contribution in [2.24, 2.45) is 0 Å². The zero-order chi connectivity index (χ0) is 11.5. The van der Waals surface area contributed by atoms with Gasteiger partial charge in [0.1, 0.15) is 0 Å². The fourth-order valence-electron chi connectivity index (χ4n) is 2.32. The molecule has 90 valence electrons. The number of nitrogens with one attached hydrogen (secondary N) is 1. The number of nitrogens with zero attached hydrogens (tertiary/aromatic N) is 2. The Morgan fingerprint density at radius 1 is 1.40 bits per heavy atom. The summed E-state index contributed by atoms with van der Waals surface area (Å²) in [6.07, 6.45) is 2.72. The third kappa shape index (κ3) is 4.09. The van der Waals surface area contributed by atoms with Gasteiger partial charge in [0.25, 0.3) is 0 Å². The van der Waals surface area contributed by atoms with Gasteiger partial charge in [-0.05, 0) is 54.4 Å². The molecule has 0 amide bonds. The van der Waals surface area contributed by atoms with Crippen molar-refractivity contribution < 1.29 is 0 Å². The Labute approximate surface area is 94.8 Å². The first kappa shape index (κ1) is 12.9. The van der Waals surface area contributed by atoms with E-state index in [0.717, 1.165) is 12.6 Å². The van der Waals surface area contributed by atoms with Crippen LogP contribution in [0.5, 0.6) is 0 Å². The number of likely N-dealkylation sites (tertiary alicyclic amines) is 1. The average Bonchev–Trinajstić information content (AvgIpc) is 2.51. The summed E-state index contributed by atoms with van der Waals surface area (Å²) in [5, 5.41) is 3.39. The highest BCUT2D eigenvalue weighted by Crippen LogP contribution is 2.20. The van der Waals surface area contributed by atoms with Gasteiger partial charge in [0, 0.05) is 24.7 Å². The molecule has 3 heteroatoms. The number of hydrogen-bond acceptors (Lipinski definition) is 3. The second-order valence-electron chi connectivity index (χ2n) is 5.66. The summed E-state index contributed by atoms with van der Waals surface area (Å²) < 4.78 is 0. The highest BCUT2D eigenvalue weighted by molar-refractivity contribution is 4.88. The van der Waals surface area contributed by atoms with Gasteiger partial charge in [-0.2, -0.15) is 0 Å². The first-order chi connectivity index (χ1) is 6.94. The van der Waals surface area contributed by atoms with E-state index in [-0.39, 0.29) is 5.54 Å².